The fourth-order valence-corrected chi connectivity index (χ4v) is 4.46. The fourth-order valence-electron chi connectivity index (χ4n) is 3.86. The molecular formula is C18H23N7OS. The van der Waals surface area contributed by atoms with Gasteiger partial charge in [-0.05, 0) is 44.5 Å². The first-order valence-electron chi connectivity index (χ1n) is 9.54. The Morgan fingerprint density at radius 1 is 1.15 bits per heavy atom. The van der Waals surface area contributed by atoms with E-state index in [2.05, 4.69) is 25.0 Å². The first kappa shape index (κ1) is 17.0. The van der Waals surface area contributed by atoms with Crippen LogP contribution < -0.4 is 4.90 Å². The molecular weight excluding hydrogens is 362 g/mol. The van der Waals surface area contributed by atoms with Crippen LogP contribution in [0.2, 0.25) is 0 Å². The summed E-state index contributed by atoms with van der Waals surface area (Å²) in [6.07, 6.45) is 2.72. The molecule has 0 amide bonds. The number of piperidine rings is 1. The number of aliphatic hydroxyl groups is 1. The summed E-state index contributed by atoms with van der Waals surface area (Å²) >= 11 is 1.52. The Morgan fingerprint density at radius 2 is 2.00 bits per heavy atom. The van der Waals surface area contributed by atoms with Crippen LogP contribution in [0.25, 0.3) is 5.65 Å². The largest absolute Gasteiger partial charge is 0.385 e. The van der Waals surface area contributed by atoms with E-state index in [0.717, 1.165) is 62.0 Å². The van der Waals surface area contributed by atoms with Crippen LogP contribution in [0.15, 0.2) is 23.0 Å². The van der Waals surface area contributed by atoms with E-state index < -0.39 is 6.10 Å². The average Bonchev–Trinajstić information content (AvgIpc) is 3.31. The minimum atomic E-state index is -0.512. The van der Waals surface area contributed by atoms with Crippen molar-refractivity contribution in [2.75, 3.05) is 37.6 Å². The van der Waals surface area contributed by atoms with Crippen LogP contribution in [0.5, 0.6) is 0 Å². The summed E-state index contributed by atoms with van der Waals surface area (Å²) in [5.74, 6) is 2.33. The number of hydrogen-bond donors (Lipinski definition) is 1. The van der Waals surface area contributed by atoms with Crippen molar-refractivity contribution in [3.63, 3.8) is 0 Å². The minimum absolute atomic E-state index is 0.354. The number of hydrogen-bond acceptors (Lipinski definition) is 8. The molecule has 0 aromatic carbocycles. The van der Waals surface area contributed by atoms with Crippen molar-refractivity contribution in [2.45, 2.75) is 31.3 Å². The number of aliphatic hydroxyl groups excluding tert-OH is 1. The van der Waals surface area contributed by atoms with Gasteiger partial charge in [0.2, 0.25) is 0 Å². The third-order valence-corrected chi connectivity index (χ3v) is 6.23. The summed E-state index contributed by atoms with van der Waals surface area (Å²) in [5, 5.41) is 25.8. The topological polar surface area (TPSA) is 82.7 Å². The zero-order valence-electron chi connectivity index (χ0n) is 15.1. The van der Waals surface area contributed by atoms with Gasteiger partial charge in [0, 0.05) is 30.9 Å². The number of anilines is 1. The molecule has 8 nitrogen and oxygen atoms in total. The Labute approximate surface area is 161 Å². The van der Waals surface area contributed by atoms with E-state index >= 15 is 0 Å². The van der Waals surface area contributed by atoms with Gasteiger partial charge in [-0.1, -0.05) is 0 Å². The number of aromatic nitrogens is 5. The van der Waals surface area contributed by atoms with Gasteiger partial charge < -0.3 is 14.9 Å². The third-order valence-electron chi connectivity index (χ3n) is 5.63. The van der Waals surface area contributed by atoms with E-state index in [1.807, 2.05) is 22.0 Å². The molecule has 0 radical (unpaired) electrons. The maximum absolute atomic E-state index is 10.3. The molecule has 142 valence electrons. The Balaban J connectivity index is 1.26. The van der Waals surface area contributed by atoms with Gasteiger partial charge >= 0.3 is 0 Å². The van der Waals surface area contributed by atoms with Crippen LogP contribution in [0.1, 0.15) is 42.8 Å². The Bertz CT molecular complexity index is 900. The molecule has 9 heteroatoms. The van der Waals surface area contributed by atoms with Crippen LogP contribution in [0, 0.1) is 0 Å². The van der Waals surface area contributed by atoms with Crippen molar-refractivity contribution in [1.29, 1.82) is 0 Å². The summed E-state index contributed by atoms with van der Waals surface area (Å²) in [7, 11) is 0. The molecule has 1 unspecified atom stereocenters. The highest BCUT2D eigenvalue weighted by Crippen LogP contribution is 2.28. The van der Waals surface area contributed by atoms with Gasteiger partial charge in [-0.2, -0.15) is 4.52 Å². The minimum Gasteiger partial charge on any atom is -0.385 e. The van der Waals surface area contributed by atoms with Crippen molar-refractivity contribution in [1.82, 2.24) is 29.7 Å². The van der Waals surface area contributed by atoms with E-state index in [-0.39, 0.29) is 0 Å². The molecule has 5 rings (SSSR count). The SMILES string of the molecule is OC(CN1CCC(c2nnc3ccc(N4CCC4)nn23)CC1)c1cscn1. The molecule has 0 spiro atoms. The summed E-state index contributed by atoms with van der Waals surface area (Å²) in [5.41, 5.74) is 3.35. The van der Waals surface area contributed by atoms with E-state index in [4.69, 9.17) is 5.10 Å². The molecule has 2 fully saturated rings. The molecule has 3 aromatic heterocycles. The van der Waals surface area contributed by atoms with Crippen molar-refractivity contribution in [2.24, 2.45) is 0 Å². The van der Waals surface area contributed by atoms with Gasteiger partial charge in [0.1, 0.15) is 11.9 Å². The second-order valence-electron chi connectivity index (χ2n) is 7.36. The van der Waals surface area contributed by atoms with E-state index in [1.54, 1.807) is 5.51 Å². The predicted molar refractivity (Wildman–Crippen MR) is 103 cm³/mol. The van der Waals surface area contributed by atoms with E-state index in [1.165, 1.54) is 17.8 Å². The maximum Gasteiger partial charge on any atom is 0.178 e. The quantitative estimate of drug-likeness (QED) is 0.716. The Morgan fingerprint density at radius 3 is 2.70 bits per heavy atom. The molecule has 2 aliphatic rings. The maximum atomic E-state index is 10.3. The highest BCUT2D eigenvalue weighted by Gasteiger charge is 2.27. The molecule has 2 saturated heterocycles. The zero-order chi connectivity index (χ0) is 18.2. The lowest BCUT2D eigenvalue weighted by Gasteiger charge is -2.33. The van der Waals surface area contributed by atoms with Gasteiger partial charge in [-0.15, -0.1) is 26.6 Å². The summed E-state index contributed by atoms with van der Waals surface area (Å²) in [6.45, 7) is 4.67. The van der Waals surface area contributed by atoms with Crippen LogP contribution in [0.3, 0.4) is 0 Å². The first-order valence-corrected chi connectivity index (χ1v) is 10.5. The van der Waals surface area contributed by atoms with Crippen molar-refractivity contribution in [3.05, 3.63) is 34.5 Å². The van der Waals surface area contributed by atoms with Gasteiger partial charge in [-0.3, -0.25) is 0 Å². The second kappa shape index (κ2) is 7.14. The number of rotatable bonds is 5. The van der Waals surface area contributed by atoms with Gasteiger partial charge in [0.25, 0.3) is 0 Å². The summed E-state index contributed by atoms with van der Waals surface area (Å²) < 4.78 is 1.93. The average molecular weight is 385 g/mol. The van der Waals surface area contributed by atoms with Gasteiger partial charge in [0.05, 0.1) is 11.2 Å². The molecule has 0 aliphatic carbocycles. The smallest absolute Gasteiger partial charge is 0.178 e. The highest BCUT2D eigenvalue weighted by molar-refractivity contribution is 7.07. The lowest BCUT2D eigenvalue weighted by Crippen LogP contribution is -2.38. The van der Waals surface area contributed by atoms with Gasteiger partial charge in [0.15, 0.2) is 11.5 Å². The van der Waals surface area contributed by atoms with Crippen molar-refractivity contribution >= 4 is 22.8 Å². The monoisotopic (exact) mass is 385 g/mol. The van der Waals surface area contributed by atoms with Crippen LogP contribution in [-0.2, 0) is 0 Å². The number of β-amino-alcohol motifs (C(OH)–C–C–N with tert-alkyl or cyclic N) is 1. The fraction of sp³-hybridized carbons (Fsp3) is 0.556. The Hall–Kier alpha value is -2.10. The lowest BCUT2D eigenvalue weighted by atomic mass is 9.96. The normalized spacial score (nSPS) is 20.1. The zero-order valence-corrected chi connectivity index (χ0v) is 15.9. The molecule has 2 aliphatic heterocycles. The van der Waals surface area contributed by atoms with Crippen molar-refractivity contribution in [3.8, 4) is 0 Å². The van der Waals surface area contributed by atoms with Crippen LogP contribution in [-0.4, -0.2) is 67.5 Å². The molecule has 0 bridgehead atoms. The molecule has 1 N–H and O–H groups in total. The first-order chi connectivity index (χ1) is 13.3. The van der Waals surface area contributed by atoms with E-state index in [0.29, 0.717) is 12.5 Å². The van der Waals surface area contributed by atoms with Crippen molar-refractivity contribution < 1.29 is 5.11 Å². The Kier molecular flexibility index (Phi) is 4.50. The number of nitrogens with zero attached hydrogens (tertiary/aromatic N) is 7. The summed E-state index contributed by atoms with van der Waals surface area (Å²) in [6, 6.07) is 4.05. The van der Waals surface area contributed by atoms with Crippen LogP contribution in [0.4, 0.5) is 5.82 Å². The lowest BCUT2D eigenvalue weighted by molar-refractivity contribution is 0.0940. The summed E-state index contributed by atoms with van der Waals surface area (Å²) in [4.78, 5) is 8.81. The molecule has 1 atom stereocenters. The number of likely N-dealkylation sites (tertiary alicyclic amines) is 1. The van der Waals surface area contributed by atoms with Gasteiger partial charge in [-0.25, -0.2) is 4.98 Å². The molecule has 0 saturated carbocycles. The number of fused-ring (bicyclic) bond motifs is 1. The number of thiazole rings is 1. The third kappa shape index (κ3) is 3.30. The molecule has 27 heavy (non-hydrogen) atoms. The highest BCUT2D eigenvalue weighted by atomic mass is 32.1. The molecule has 5 heterocycles. The van der Waals surface area contributed by atoms with Crippen LogP contribution >= 0.6 is 11.3 Å². The predicted octanol–water partition coefficient (Wildman–Crippen LogP) is 1.70. The van der Waals surface area contributed by atoms with E-state index in [9.17, 15) is 5.11 Å². The molecule has 3 aromatic rings. The second-order valence-corrected chi connectivity index (χ2v) is 8.08. The standard InChI is InChI=1S/C18H23N7OS/c26-15(14-11-27-12-19-14)10-23-8-4-13(5-9-23)18-21-20-16-2-3-17(22-25(16)18)24-6-1-7-24/h2-3,11-13,15,26H,1,4-10H2.